The normalized spacial score (nSPS) is 24.1. The second-order valence-corrected chi connectivity index (χ2v) is 8.51. The van der Waals surface area contributed by atoms with Crippen molar-refractivity contribution in [2.75, 3.05) is 40.9 Å². The van der Waals surface area contributed by atoms with E-state index in [1.807, 2.05) is 18.2 Å². The first-order chi connectivity index (χ1) is 14.4. The predicted molar refractivity (Wildman–Crippen MR) is 114 cm³/mol. The maximum absolute atomic E-state index is 12.9. The zero-order valence-electron chi connectivity index (χ0n) is 18.3. The summed E-state index contributed by atoms with van der Waals surface area (Å²) in [5.74, 6) is 1.23. The number of benzene rings is 1. The van der Waals surface area contributed by atoms with Crippen LogP contribution in [0.15, 0.2) is 18.2 Å². The molecule has 3 unspecified atom stereocenters. The molecule has 30 heavy (non-hydrogen) atoms. The highest BCUT2D eigenvalue weighted by Crippen LogP contribution is 2.29. The van der Waals surface area contributed by atoms with Crippen molar-refractivity contribution in [2.24, 2.45) is 11.8 Å². The van der Waals surface area contributed by atoms with Gasteiger partial charge in [-0.3, -0.25) is 9.59 Å². The number of methoxy groups -OCH3 is 2. The van der Waals surface area contributed by atoms with E-state index < -0.39 is 0 Å². The summed E-state index contributed by atoms with van der Waals surface area (Å²) in [5, 5.41) is 10.2. The van der Waals surface area contributed by atoms with Gasteiger partial charge in [0.2, 0.25) is 11.8 Å². The van der Waals surface area contributed by atoms with Crippen molar-refractivity contribution in [1.29, 1.82) is 0 Å². The van der Waals surface area contributed by atoms with Crippen molar-refractivity contribution >= 4 is 11.8 Å². The molecule has 2 aliphatic rings. The van der Waals surface area contributed by atoms with Gasteiger partial charge in [-0.1, -0.05) is 18.9 Å². The smallest absolute Gasteiger partial charge is 0.227 e. The van der Waals surface area contributed by atoms with Crippen LogP contribution >= 0.6 is 0 Å². The molecular weight excluding hydrogens is 384 g/mol. The van der Waals surface area contributed by atoms with E-state index in [0.717, 1.165) is 31.2 Å². The minimum absolute atomic E-state index is 0.00902. The molecule has 0 bridgehead atoms. The Balaban J connectivity index is 1.52. The molecule has 1 saturated heterocycles. The van der Waals surface area contributed by atoms with Crippen LogP contribution in [-0.2, 0) is 16.0 Å². The molecule has 1 N–H and O–H groups in total. The molecule has 0 radical (unpaired) electrons. The molecule has 0 aromatic heterocycles. The van der Waals surface area contributed by atoms with Gasteiger partial charge >= 0.3 is 0 Å². The van der Waals surface area contributed by atoms with E-state index in [4.69, 9.17) is 9.47 Å². The van der Waals surface area contributed by atoms with E-state index in [0.29, 0.717) is 37.6 Å². The van der Waals surface area contributed by atoms with Gasteiger partial charge in [0, 0.05) is 39.0 Å². The summed E-state index contributed by atoms with van der Waals surface area (Å²) in [5.41, 5.74) is 1.05. The number of hydrogen-bond acceptors (Lipinski definition) is 5. The molecule has 1 aliphatic heterocycles. The lowest BCUT2D eigenvalue weighted by molar-refractivity contribution is -0.135. The van der Waals surface area contributed by atoms with Crippen LogP contribution in [0.3, 0.4) is 0 Å². The number of aliphatic hydroxyl groups excluding tert-OH is 1. The Hall–Kier alpha value is -2.28. The van der Waals surface area contributed by atoms with Crippen molar-refractivity contribution in [1.82, 2.24) is 9.80 Å². The van der Waals surface area contributed by atoms with Crippen LogP contribution < -0.4 is 9.47 Å². The van der Waals surface area contributed by atoms with Gasteiger partial charge in [-0.15, -0.1) is 0 Å². The number of likely N-dealkylation sites (tertiary alicyclic amines) is 1. The molecule has 3 atom stereocenters. The van der Waals surface area contributed by atoms with Crippen LogP contribution in [0.5, 0.6) is 11.5 Å². The highest BCUT2D eigenvalue weighted by molar-refractivity contribution is 5.89. The van der Waals surface area contributed by atoms with E-state index in [1.54, 1.807) is 31.1 Å². The lowest BCUT2D eigenvalue weighted by atomic mass is 9.86. The molecule has 7 nitrogen and oxygen atoms in total. The summed E-state index contributed by atoms with van der Waals surface area (Å²) in [4.78, 5) is 28.8. The van der Waals surface area contributed by atoms with E-state index in [1.165, 1.54) is 0 Å². The van der Waals surface area contributed by atoms with Gasteiger partial charge in [0.25, 0.3) is 0 Å². The summed E-state index contributed by atoms with van der Waals surface area (Å²) in [6, 6.07) is 5.75. The summed E-state index contributed by atoms with van der Waals surface area (Å²) in [6.45, 7) is 1.60. The number of aliphatic hydroxyl groups is 1. The highest BCUT2D eigenvalue weighted by atomic mass is 16.5. The summed E-state index contributed by atoms with van der Waals surface area (Å²) in [7, 11) is 4.99. The number of carbonyl (C=O) groups is 2. The molecule has 1 aromatic carbocycles. The molecule has 1 heterocycles. The monoisotopic (exact) mass is 418 g/mol. The van der Waals surface area contributed by atoms with Crippen molar-refractivity contribution in [3.63, 3.8) is 0 Å². The fraction of sp³-hybridized carbons (Fsp3) is 0.652. The Bertz CT molecular complexity index is 753. The first-order valence-corrected chi connectivity index (χ1v) is 10.8. The van der Waals surface area contributed by atoms with E-state index in [-0.39, 0.29) is 36.2 Å². The van der Waals surface area contributed by atoms with Crippen LogP contribution in [0.25, 0.3) is 0 Å². The quantitative estimate of drug-likeness (QED) is 0.700. The van der Waals surface area contributed by atoms with Gasteiger partial charge in [-0.25, -0.2) is 0 Å². The fourth-order valence-electron chi connectivity index (χ4n) is 4.61. The van der Waals surface area contributed by atoms with Gasteiger partial charge in [0.15, 0.2) is 11.5 Å². The Labute approximate surface area is 178 Å². The second kappa shape index (κ2) is 10.2. The van der Waals surface area contributed by atoms with Gasteiger partial charge in [0.05, 0.1) is 26.2 Å². The molecule has 2 amide bonds. The third kappa shape index (κ3) is 5.25. The van der Waals surface area contributed by atoms with Crippen molar-refractivity contribution in [3.05, 3.63) is 23.8 Å². The van der Waals surface area contributed by atoms with Gasteiger partial charge in [-0.05, 0) is 37.0 Å². The zero-order chi connectivity index (χ0) is 21.7. The number of rotatable bonds is 8. The van der Waals surface area contributed by atoms with Gasteiger partial charge in [0.1, 0.15) is 0 Å². The van der Waals surface area contributed by atoms with Crippen molar-refractivity contribution < 1.29 is 24.2 Å². The summed E-state index contributed by atoms with van der Waals surface area (Å²) < 4.78 is 10.6. The number of amides is 2. The topological polar surface area (TPSA) is 79.3 Å². The molecular formula is C23H34N2O5. The first-order valence-electron chi connectivity index (χ1n) is 10.8. The Morgan fingerprint density at radius 3 is 2.63 bits per heavy atom. The minimum Gasteiger partial charge on any atom is -0.493 e. The third-order valence-electron chi connectivity index (χ3n) is 6.44. The lowest BCUT2D eigenvalue weighted by Crippen LogP contribution is -2.41. The third-order valence-corrected chi connectivity index (χ3v) is 6.44. The van der Waals surface area contributed by atoms with Crippen LogP contribution in [-0.4, -0.2) is 73.7 Å². The standard InChI is InChI=1S/C23H34N2O5/c1-24(14-17-6-4-5-7-19(17)26)23(28)18-13-22(27)25(15-18)11-10-16-8-9-20(29-2)21(12-16)30-3/h8-9,12,17-19,26H,4-7,10-11,13-15H2,1-3H3. The second-order valence-electron chi connectivity index (χ2n) is 8.51. The molecule has 2 fully saturated rings. The first kappa shape index (κ1) is 22.4. The zero-order valence-corrected chi connectivity index (χ0v) is 18.3. The number of hydrogen-bond donors (Lipinski definition) is 1. The molecule has 3 rings (SSSR count). The average molecular weight is 419 g/mol. The predicted octanol–water partition coefficient (Wildman–Crippen LogP) is 2.10. The van der Waals surface area contributed by atoms with Crippen molar-refractivity contribution in [2.45, 2.75) is 44.6 Å². The number of ether oxygens (including phenoxy) is 2. The van der Waals surface area contributed by atoms with E-state index in [9.17, 15) is 14.7 Å². The van der Waals surface area contributed by atoms with Crippen LogP contribution in [0.2, 0.25) is 0 Å². The molecule has 1 aromatic rings. The number of carbonyl (C=O) groups excluding carboxylic acids is 2. The Morgan fingerprint density at radius 1 is 1.20 bits per heavy atom. The maximum Gasteiger partial charge on any atom is 0.227 e. The van der Waals surface area contributed by atoms with Crippen molar-refractivity contribution in [3.8, 4) is 11.5 Å². The van der Waals surface area contributed by atoms with Crippen LogP contribution in [0, 0.1) is 11.8 Å². The summed E-state index contributed by atoms with van der Waals surface area (Å²) >= 11 is 0. The minimum atomic E-state index is -0.322. The highest BCUT2D eigenvalue weighted by Gasteiger charge is 2.36. The molecule has 1 saturated carbocycles. The average Bonchev–Trinajstić information content (AvgIpc) is 3.13. The molecule has 7 heteroatoms. The maximum atomic E-state index is 12.9. The Morgan fingerprint density at radius 2 is 1.93 bits per heavy atom. The van der Waals surface area contributed by atoms with Crippen LogP contribution in [0.1, 0.15) is 37.7 Å². The number of nitrogens with zero attached hydrogens (tertiary/aromatic N) is 2. The van der Waals surface area contributed by atoms with E-state index in [2.05, 4.69) is 0 Å². The molecule has 1 aliphatic carbocycles. The Kier molecular flexibility index (Phi) is 7.58. The van der Waals surface area contributed by atoms with Gasteiger partial charge < -0.3 is 24.4 Å². The van der Waals surface area contributed by atoms with Crippen LogP contribution in [0.4, 0.5) is 0 Å². The summed E-state index contributed by atoms with van der Waals surface area (Å²) in [6.07, 6.45) is 4.58. The molecule has 0 spiro atoms. The molecule has 166 valence electrons. The fourth-order valence-corrected chi connectivity index (χ4v) is 4.61. The lowest BCUT2D eigenvalue weighted by Gasteiger charge is -2.32. The van der Waals surface area contributed by atoms with Gasteiger partial charge in [-0.2, -0.15) is 0 Å². The SMILES string of the molecule is COc1ccc(CCN2CC(C(=O)N(C)CC3CCCCC3O)CC2=O)cc1OC. The van der Waals surface area contributed by atoms with E-state index >= 15 is 0 Å². The largest absolute Gasteiger partial charge is 0.493 e.